The van der Waals surface area contributed by atoms with Gasteiger partial charge in [0.1, 0.15) is 6.04 Å². The lowest BCUT2D eigenvalue weighted by atomic mass is 10.1. The van der Waals surface area contributed by atoms with Gasteiger partial charge in [-0.1, -0.05) is 49.4 Å². The number of aromatic amines is 1. The lowest BCUT2D eigenvalue weighted by Gasteiger charge is -2.14. The minimum atomic E-state index is -0.738. The molecule has 3 aromatic rings. The Bertz CT molecular complexity index is 976. The van der Waals surface area contributed by atoms with Crippen LogP contribution in [0.4, 0.5) is 10.5 Å². The van der Waals surface area contributed by atoms with Crippen LogP contribution in [0.2, 0.25) is 0 Å². The molecule has 1 atom stereocenters. The van der Waals surface area contributed by atoms with Crippen molar-refractivity contribution in [1.82, 2.24) is 10.3 Å². The lowest BCUT2D eigenvalue weighted by Crippen LogP contribution is -2.41. The summed E-state index contributed by atoms with van der Waals surface area (Å²) in [7, 11) is 0. The van der Waals surface area contributed by atoms with Crippen LogP contribution in [0.3, 0.4) is 0 Å². The van der Waals surface area contributed by atoms with Gasteiger partial charge >= 0.3 is 12.0 Å². The molecule has 0 aliphatic carbocycles. The van der Waals surface area contributed by atoms with E-state index in [0.29, 0.717) is 5.69 Å². The number of anilines is 1. The van der Waals surface area contributed by atoms with Gasteiger partial charge in [0.2, 0.25) is 0 Å². The zero-order chi connectivity index (χ0) is 20.1. The molecule has 1 heterocycles. The van der Waals surface area contributed by atoms with E-state index in [4.69, 9.17) is 4.74 Å². The van der Waals surface area contributed by atoms with E-state index in [1.807, 2.05) is 36.4 Å². The summed E-state index contributed by atoms with van der Waals surface area (Å²) < 4.78 is 4.94. The van der Waals surface area contributed by atoms with Crippen molar-refractivity contribution in [2.75, 3.05) is 11.9 Å². The van der Waals surface area contributed by atoms with Crippen LogP contribution in [0.5, 0.6) is 0 Å². The molecule has 1 aromatic heterocycles. The van der Waals surface area contributed by atoms with Gasteiger partial charge in [-0.2, -0.15) is 0 Å². The minimum Gasteiger partial charge on any atom is -0.464 e. The number of benzene rings is 2. The van der Waals surface area contributed by atoms with Gasteiger partial charge in [-0.15, -0.1) is 0 Å². The first kappa shape index (κ1) is 19.5. The number of urea groups is 1. The van der Waals surface area contributed by atoms with Crippen LogP contribution in [0, 0.1) is 0 Å². The zero-order valence-electron chi connectivity index (χ0n) is 16.3. The number of hydrogen-bond acceptors (Lipinski definition) is 3. The average molecular weight is 379 g/mol. The third-order valence-corrected chi connectivity index (χ3v) is 4.58. The van der Waals surface area contributed by atoms with Crippen molar-refractivity contribution in [1.29, 1.82) is 0 Å². The molecule has 3 N–H and O–H groups in total. The summed E-state index contributed by atoms with van der Waals surface area (Å²) in [6.07, 6.45) is 0.965. The monoisotopic (exact) mass is 379 g/mol. The van der Waals surface area contributed by atoms with Crippen LogP contribution in [0.25, 0.3) is 22.2 Å². The Balaban J connectivity index is 1.90. The van der Waals surface area contributed by atoms with Crippen molar-refractivity contribution in [3.63, 3.8) is 0 Å². The Morgan fingerprint density at radius 1 is 1.07 bits per heavy atom. The van der Waals surface area contributed by atoms with E-state index in [9.17, 15) is 9.59 Å². The second kappa shape index (κ2) is 8.61. The first-order valence-corrected chi connectivity index (χ1v) is 9.47. The number of hydrogen-bond donors (Lipinski definition) is 3. The number of aryl methyl sites for hydroxylation is 1. The molecule has 146 valence electrons. The molecule has 3 rings (SSSR count). The van der Waals surface area contributed by atoms with Crippen molar-refractivity contribution in [3.05, 3.63) is 54.1 Å². The first-order chi connectivity index (χ1) is 13.5. The maximum Gasteiger partial charge on any atom is 0.328 e. The number of fused-ring (bicyclic) bond motifs is 1. The number of H-pyrrole nitrogens is 1. The molecule has 0 saturated carbocycles. The van der Waals surface area contributed by atoms with Crippen molar-refractivity contribution >= 4 is 28.6 Å². The molecule has 2 amide bonds. The zero-order valence-corrected chi connectivity index (χ0v) is 16.3. The van der Waals surface area contributed by atoms with Crippen LogP contribution in [0.15, 0.2) is 48.5 Å². The highest BCUT2D eigenvalue weighted by Crippen LogP contribution is 2.35. The summed E-state index contributed by atoms with van der Waals surface area (Å²) in [5, 5.41) is 6.42. The molecule has 0 aliphatic rings. The van der Waals surface area contributed by atoms with Crippen molar-refractivity contribution in [2.45, 2.75) is 33.2 Å². The number of nitrogens with one attached hydrogen (secondary N) is 3. The summed E-state index contributed by atoms with van der Waals surface area (Å²) in [4.78, 5) is 27.7. The fourth-order valence-electron chi connectivity index (χ4n) is 3.07. The predicted molar refractivity (Wildman–Crippen MR) is 111 cm³/mol. The molecule has 28 heavy (non-hydrogen) atoms. The Hall–Kier alpha value is -3.28. The van der Waals surface area contributed by atoms with E-state index >= 15 is 0 Å². The molecule has 0 spiro atoms. The van der Waals surface area contributed by atoms with Gasteiger partial charge in [-0.05, 0) is 31.9 Å². The smallest absolute Gasteiger partial charge is 0.328 e. The number of carbonyl (C=O) groups is 2. The second-order valence-corrected chi connectivity index (χ2v) is 6.54. The fourth-order valence-corrected chi connectivity index (χ4v) is 3.07. The lowest BCUT2D eigenvalue weighted by molar-refractivity contribution is -0.144. The van der Waals surface area contributed by atoms with E-state index in [1.54, 1.807) is 13.8 Å². The van der Waals surface area contributed by atoms with E-state index in [0.717, 1.165) is 28.6 Å². The van der Waals surface area contributed by atoms with Crippen LogP contribution in [-0.4, -0.2) is 29.6 Å². The molecule has 0 unspecified atom stereocenters. The standard InChI is InChI=1S/C22H25N3O3/c1-4-15-10-12-16(13-11-15)19-20(17-8-6-7-9-18(17)24-19)25-22(27)23-14(3)21(26)28-5-2/h6-14,24H,4-5H2,1-3H3,(H2,23,25,27)/t14-/m0/s1. The Morgan fingerprint density at radius 2 is 1.79 bits per heavy atom. The number of ether oxygens (including phenoxy) is 1. The number of rotatable bonds is 6. The predicted octanol–water partition coefficient (Wildman–Crippen LogP) is 4.47. The summed E-state index contributed by atoms with van der Waals surface area (Å²) in [5.74, 6) is -0.466. The van der Waals surface area contributed by atoms with Crippen molar-refractivity contribution in [2.24, 2.45) is 0 Å². The number of carbonyl (C=O) groups excluding carboxylic acids is 2. The summed E-state index contributed by atoms with van der Waals surface area (Å²) in [6.45, 7) is 5.71. The van der Waals surface area contributed by atoms with Gasteiger partial charge in [0.05, 0.1) is 18.0 Å². The quantitative estimate of drug-likeness (QED) is 0.553. The molecule has 0 aliphatic heterocycles. The SMILES string of the molecule is CCOC(=O)[C@H](C)NC(=O)Nc1c(-c2ccc(CC)cc2)[nH]c2ccccc12. The first-order valence-electron chi connectivity index (χ1n) is 9.47. The van der Waals surface area contributed by atoms with Gasteiger partial charge in [-0.25, -0.2) is 9.59 Å². The van der Waals surface area contributed by atoms with E-state index < -0.39 is 18.0 Å². The fraction of sp³-hybridized carbons (Fsp3) is 0.273. The molecule has 6 heteroatoms. The Morgan fingerprint density at radius 3 is 2.46 bits per heavy atom. The van der Waals surface area contributed by atoms with Crippen LogP contribution in [-0.2, 0) is 16.0 Å². The van der Waals surface area contributed by atoms with E-state index in [-0.39, 0.29) is 6.61 Å². The largest absolute Gasteiger partial charge is 0.464 e. The van der Waals surface area contributed by atoms with Crippen molar-refractivity contribution < 1.29 is 14.3 Å². The summed E-state index contributed by atoms with van der Waals surface area (Å²) in [6, 6.07) is 14.8. The summed E-state index contributed by atoms with van der Waals surface area (Å²) >= 11 is 0. The molecule has 0 fully saturated rings. The Labute approximate surface area is 164 Å². The third kappa shape index (κ3) is 4.17. The molecule has 0 saturated heterocycles. The van der Waals surface area contributed by atoms with Crippen LogP contribution < -0.4 is 10.6 Å². The van der Waals surface area contributed by atoms with Crippen LogP contribution >= 0.6 is 0 Å². The molecular formula is C22H25N3O3. The van der Waals surface area contributed by atoms with Gasteiger partial charge in [0.25, 0.3) is 0 Å². The van der Waals surface area contributed by atoms with Crippen molar-refractivity contribution in [3.8, 4) is 11.3 Å². The highest BCUT2D eigenvalue weighted by Gasteiger charge is 2.19. The normalized spacial score (nSPS) is 11.8. The van der Waals surface area contributed by atoms with Gasteiger partial charge < -0.3 is 20.4 Å². The number of amides is 2. The maximum atomic E-state index is 12.5. The molecule has 0 radical (unpaired) electrons. The Kier molecular flexibility index (Phi) is 5.99. The van der Waals surface area contributed by atoms with Gasteiger partial charge in [0.15, 0.2) is 0 Å². The minimum absolute atomic E-state index is 0.271. The second-order valence-electron chi connectivity index (χ2n) is 6.54. The highest BCUT2D eigenvalue weighted by atomic mass is 16.5. The van der Waals surface area contributed by atoms with Gasteiger partial charge in [0, 0.05) is 16.5 Å². The molecule has 6 nitrogen and oxygen atoms in total. The van der Waals surface area contributed by atoms with Crippen LogP contribution in [0.1, 0.15) is 26.3 Å². The number of aromatic nitrogens is 1. The number of esters is 1. The number of para-hydroxylation sites is 1. The highest BCUT2D eigenvalue weighted by molar-refractivity contribution is 6.08. The molecular weight excluding hydrogens is 354 g/mol. The third-order valence-electron chi connectivity index (χ3n) is 4.58. The molecule has 2 aromatic carbocycles. The summed E-state index contributed by atoms with van der Waals surface area (Å²) in [5.41, 5.74) is 4.64. The maximum absolute atomic E-state index is 12.5. The topological polar surface area (TPSA) is 83.2 Å². The average Bonchev–Trinajstić information content (AvgIpc) is 3.06. The van der Waals surface area contributed by atoms with Gasteiger partial charge in [-0.3, -0.25) is 0 Å². The molecule has 0 bridgehead atoms. The van der Waals surface area contributed by atoms with E-state index in [2.05, 4.69) is 34.7 Å². The van der Waals surface area contributed by atoms with E-state index in [1.165, 1.54) is 5.56 Å².